The maximum absolute atomic E-state index is 13.2. The van der Waals surface area contributed by atoms with Gasteiger partial charge < -0.3 is 10.0 Å². The Kier molecular flexibility index (Phi) is 3.72. The Morgan fingerprint density at radius 1 is 1.25 bits per heavy atom. The Bertz CT molecular complexity index is 819. The first-order chi connectivity index (χ1) is 11.6. The second-order valence-corrected chi connectivity index (χ2v) is 6.95. The molecule has 1 aliphatic carbocycles. The van der Waals surface area contributed by atoms with Gasteiger partial charge in [-0.1, -0.05) is 30.5 Å². The Morgan fingerprint density at radius 3 is 2.83 bits per heavy atom. The molecule has 1 aliphatic heterocycles. The first-order valence-corrected chi connectivity index (χ1v) is 8.64. The SMILES string of the molecule is O=C(O)[C@@H]1C[C@@H]2CCCC[C@@H]2N1C(=O)c1c(Cl)nc2ccccn12. The molecule has 24 heavy (non-hydrogen) atoms. The Labute approximate surface area is 144 Å². The number of hydrogen-bond acceptors (Lipinski definition) is 3. The third-order valence-corrected chi connectivity index (χ3v) is 5.56. The molecule has 7 heteroatoms. The number of pyridine rings is 1. The smallest absolute Gasteiger partial charge is 0.326 e. The van der Waals surface area contributed by atoms with E-state index in [0.717, 1.165) is 25.7 Å². The molecule has 0 bridgehead atoms. The lowest BCUT2D eigenvalue weighted by Crippen LogP contribution is -2.46. The quantitative estimate of drug-likeness (QED) is 0.906. The van der Waals surface area contributed by atoms with Crippen molar-refractivity contribution < 1.29 is 14.7 Å². The van der Waals surface area contributed by atoms with Gasteiger partial charge in [-0.3, -0.25) is 9.20 Å². The summed E-state index contributed by atoms with van der Waals surface area (Å²) < 4.78 is 1.64. The van der Waals surface area contributed by atoms with E-state index in [-0.39, 0.29) is 28.7 Å². The molecule has 2 aromatic heterocycles. The molecular formula is C17H18ClN3O3. The largest absolute Gasteiger partial charge is 0.480 e. The zero-order valence-corrected chi connectivity index (χ0v) is 13.8. The van der Waals surface area contributed by atoms with Crippen LogP contribution >= 0.6 is 11.6 Å². The van der Waals surface area contributed by atoms with E-state index in [4.69, 9.17) is 11.6 Å². The number of fused-ring (bicyclic) bond motifs is 2. The summed E-state index contributed by atoms with van der Waals surface area (Å²) >= 11 is 6.22. The normalized spacial score (nSPS) is 26.5. The number of carboxylic acids is 1. The average Bonchev–Trinajstić information content (AvgIpc) is 3.11. The summed E-state index contributed by atoms with van der Waals surface area (Å²) in [5, 5.41) is 9.73. The van der Waals surface area contributed by atoms with Crippen molar-refractivity contribution in [3.05, 3.63) is 35.2 Å². The van der Waals surface area contributed by atoms with Gasteiger partial charge in [0.1, 0.15) is 11.7 Å². The molecule has 2 aromatic rings. The van der Waals surface area contributed by atoms with Crippen LogP contribution in [0.15, 0.2) is 24.4 Å². The van der Waals surface area contributed by atoms with Gasteiger partial charge in [0.05, 0.1) is 0 Å². The molecular weight excluding hydrogens is 330 g/mol. The molecule has 1 amide bonds. The summed E-state index contributed by atoms with van der Waals surface area (Å²) in [5.41, 5.74) is 0.835. The van der Waals surface area contributed by atoms with Gasteiger partial charge in [-0.25, -0.2) is 9.78 Å². The zero-order valence-electron chi connectivity index (χ0n) is 13.1. The summed E-state index contributed by atoms with van der Waals surface area (Å²) in [6.45, 7) is 0. The fraction of sp³-hybridized carbons (Fsp3) is 0.471. The minimum Gasteiger partial charge on any atom is -0.480 e. The summed E-state index contributed by atoms with van der Waals surface area (Å²) in [6.07, 6.45) is 6.23. The van der Waals surface area contributed by atoms with Gasteiger partial charge in [0, 0.05) is 12.2 Å². The van der Waals surface area contributed by atoms with Crippen molar-refractivity contribution in [2.45, 2.75) is 44.2 Å². The number of aliphatic carboxylic acids is 1. The Hall–Kier alpha value is -2.08. The number of hydrogen-bond donors (Lipinski definition) is 1. The van der Waals surface area contributed by atoms with Gasteiger partial charge in [0.15, 0.2) is 10.8 Å². The second kappa shape index (κ2) is 5.77. The van der Waals surface area contributed by atoms with E-state index in [0.29, 0.717) is 12.1 Å². The molecule has 1 N–H and O–H groups in total. The van der Waals surface area contributed by atoms with Crippen LogP contribution in [-0.2, 0) is 4.79 Å². The fourth-order valence-electron chi connectivity index (χ4n) is 4.25. The van der Waals surface area contributed by atoms with E-state index >= 15 is 0 Å². The average molecular weight is 348 g/mol. The van der Waals surface area contributed by atoms with Crippen molar-refractivity contribution in [3.63, 3.8) is 0 Å². The molecule has 1 saturated carbocycles. The third-order valence-electron chi connectivity index (χ3n) is 5.30. The number of carbonyl (C=O) groups is 2. The molecule has 0 radical (unpaired) electrons. The molecule has 4 rings (SSSR count). The van der Waals surface area contributed by atoms with Crippen molar-refractivity contribution >= 4 is 29.1 Å². The van der Waals surface area contributed by atoms with E-state index in [2.05, 4.69) is 4.98 Å². The van der Waals surface area contributed by atoms with Crippen LogP contribution in [0.4, 0.5) is 0 Å². The highest BCUT2D eigenvalue weighted by Crippen LogP contribution is 2.41. The minimum absolute atomic E-state index is 0.0160. The van der Waals surface area contributed by atoms with E-state index < -0.39 is 12.0 Å². The van der Waals surface area contributed by atoms with Crippen molar-refractivity contribution in [3.8, 4) is 0 Å². The molecule has 2 fully saturated rings. The molecule has 126 valence electrons. The van der Waals surface area contributed by atoms with Gasteiger partial charge in [-0.05, 0) is 37.3 Å². The highest BCUT2D eigenvalue weighted by atomic mass is 35.5. The predicted molar refractivity (Wildman–Crippen MR) is 88.2 cm³/mol. The summed E-state index contributed by atoms with van der Waals surface area (Å²) in [7, 11) is 0. The van der Waals surface area contributed by atoms with Crippen LogP contribution in [0.3, 0.4) is 0 Å². The number of carbonyl (C=O) groups excluding carboxylic acids is 1. The van der Waals surface area contributed by atoms with Gasteiger partial charge in [0.2, 0.25) is 0 Å². The Balaban J connectivity index is 1.78. The van der Waals surface area contributed by atoms with Crippen LogP contribution in [0, 0.1) is 5.92 Å². The molecule has 0 unspecified atom stereocenters. The molecule has 2 aliphatic rings. The number of rotatable bonds is 2. The molecule has 0 aromatic carbocycles. The summed E-state index contributed by atoms with van der Waals surface area (Å²) in [6, 6.07) is 4.59. The lowest BCUT2D eigenvalue weighted by Gasteiger charge is -2.32. The van der Waals surface area contributed by atoms with E-state index in [1.54, 1.807) is 27.6 Å². The lowest BCUT2D eigenvalue weighted by atomic mass is 9.84. The maximum atomic E-state index is 13.2. The summed E-state index contributed by atoms with van der Waals surface area (Å²) in [4.78, 5) is 30.7. The van der Waals surface area contributed by atoms with Crippen molar-refractivity contribution in [1.82, 2.24) is 14.3 Å². The van der Waals surface area contributed by atoms with Crippen LogP contribution in [0.2, 0.25) is 5.15 Å². The highest BCUT2D eigenvalue weighted by Gasteiger charge is 2.48. The van der Waals surface area contributed by atoms with Gasteiger partial charge >= 0.3 is 5.97 Å². The van der Waals surface area contributed by atoms with Crippen molar-refractivity contribution in [1.29, 1.82) is 0 Å². The number of imidazole rings is 1. The zero-order chi connectivity index (χ0) is 16.8. The van der Waals surface area contributed by atoms with Crippen LogP contribution in [-0.4, -0.2) is 43.4 Å². The first kappa shape index (κ1) is 15.4. The number of carboxylic acid groups (broad SMARTS) is 1. The van der Waals surface area contributed by atoms with Crippen LogP contribution in [0.25, 0.3) is 5.65 Å². The van der Waals surface area contributed by atoms with Crippen LogP contribution in [0.5, 0.6) is 0 Å². The van der Waals surface area contributed by atoms with E-state index in [1.165, 1.54) is 0 Å². The standard InChI is InChI=1S/C17H18ClN3O3/c18-15-14(20-8-4-3-7-13(20)19-15)16(22)21-11-6-2-1-5-10(11)9-12(21)17(23)24/h3-4,7-8,10-12H,1-2,5-6,9H2,(H,23,24)/t10-,11-,12-/m0/s1. The van der Waals surface area contributed by atoms with E-state index in [1.807, 2.05) is 6.07 Å². The topological polar surface area (TPSA) is 74.9 Å². The number of aromatic nitrogens is 2. The molecule has 3 atom stereocenters. The fourth-order valence-corrected chi connectivity index (χ4v) is 4.51. The predicted octanol–water partition coefficient (Wildman–Crippen LogP) is 2.85. The molecule has 1 saturated heterocycles. The minimum atomic E-state index is -0.942. The number of halogens is 1. The lowest BCUT2D eigenvalue weighted by molar-refractivity contribution is -0.141. The molecule has 6 nitrogen and oxygen atoms in total. The second-order valence-electron chi connectivity index (χ2n) is 6.59. The highest BCUT2D eigenvalue weighted by molar-refractivity contribution is 6.32. The number of nitrogens with zero attached hydrogens (tertiary/aromatic N) is 3. The summed E-state index contributed by atoms with van der Waals surface area (Å²) in [5.74, 6) is -1.01. The molecule has 3 heterocycles. The van der Waals surface area contributed by atoms with Gasteiger partial charge in [0.25, 0.3) is 5.91 Å². The van der Waals surface area contributed by atoms with Crippen LogP contribution in [0.1, 0.15) is 42.6 Å². The maximum Gasteiger partial charge on any atom is 0.326 e. The number of likely N-dealkylation sites (tertiary alicyclic amines) is 1. The third kappa shape index (κ3) is 2.28. The van der Waals surface area contributed by atoms with Crippen LogP contribution < -0.4 is 0 Å². The van der Waals surface area contributed by atoms with Crippen molar-refractivity contribution in [2.75, 3.05) is 0 Å². The Morgan fingerprint density at radius 2 is 2.04 bits per heavy atom. The van der Waals surface area contributed by atoms with Gasteiger partial charge in [-0.2, -0.15) is 0 Å². The first-order valence-electron chi connectivity index (χ1n) is 8.26. The monoisotopic (exact) mass is 347 g/mol. The van der Waals surface area contributed by atoms with Crippen molar-refractivity contribution in [2.24, 2.45) is 5.92 Å². The van der Waals surface area contributed by atoms with E-state index in [9.17, 15) is 14.7 Å². The molecule has 0 spiro atoms. The number of amides is 1. The van der Waals surface area contributed by atoms with Gasteiger partial charge in [-0.15, -0.1) is 0 Å².